The van der Waals surface area contributed by atoms with Gasteiger partial charge in [-0.15, -0.1) is 0 Å². The minimum Gasteiger partial charge on any atom is -0.376 e. The van der Waals surface area contributed by atoms with Crippen molar-refractivity contribution >= 4 is 0 Å². The molecule has 11 heavy (non-hydrogen) atoms. The van der Waals surface area contributed by atoms with Crippen LogP contribution in [0.1, 0.15) is 33.6 Å². The zero-order valence-corrected chi connectivity index (χ0v) is 7.57. The second-order valence-electron chi connectivity index (χ2n) is 1.82. The Kier molecular flexibility index (Phi) is 15.2. The molecule has 0 unspecified atom stereocenters. The summed E-state index contributed by atoms with van der Waals surface area (Å²) in [6, 6.07) is 0. The van der Waals surface area contributed by atoms with Gasteiger partial charge in [0.15, 0.2) is 0 Å². The average molecular weight is 168 g/mol. The van der Waals surface area contributed by atoms with Crippen LogP contribution in [0.15, 0.2) is 0 Å². The summed E-state index contributed by atoms with van der Waals surface area (Å²) < 4.78 is 27.3. The molecule has 0 bridgehead atoms. The highest BCUT2D eigenvalue weighted by Gasteiger charge is 1.99. The molecule has 0 saturated carbocycles. The number of alkyl halides is 2. The molecule has 0 atom stereocenters. The summed E-state index contributed by atoms with van der Waals surface area (Å²) in [6.07, 6.45) is -0.461. The Morgan fingerprint density at radius 2 is 1.82 bits per heavy atom. The Hall–Kier alpha value is -0.180. The van der Waals surface area contributed by atoms with E-state index in [0.29, 0.717) is 6.61 Å². The molecule has 1 nitrogen and oxygen atoms in total. The van der Waals surface area contributed by atoms with Crippen LogP contribution in [-0.2, 0) is 4.74 Å². The summed E-state index contributed by atoms with van der Waals surface area (Å²) in [5.41, 5.74) is 0. The molecule has 0 rings (SSSR count). The molecule has 0 amide bonds. The van der Waals surface area contributed by atoms with E-state index in [0.717, 1.165) is 12.8 Å². The Balaban J connectivity index is 0. The van der Waals surface area contributed by atoms with Gasteiger partial charge in [-0.25, -0.2) is 8.78 Å². The van der Waals surface area contributed by atoms with E-state index in [4.69, 9.17) is 0 Å². The topological polar surface area (TPSA) is 9.23 Å². The Labute approximate surface area is 67.7 Å². The Bertz CT molecular complexity index is 58.1. The van der Waals surface area contributed by atoms with Gasteiger partial charge < -0.3 is 4.74 Å². The second-order valence-corrected chi connectivity index (χ2v) is 1.82. The molecular formula is C8H18F2O. The lowest BCUT2D eigenvalue weighted by Gasteiger charge is -1.99. The van der Waals surface area contributed by atoms with Gasteiger partial charge >= 0.3 is 0 Å². The van der Waals surface area contributed by atoms with Crippen molar-refractivity contribution in [2.24, 2.45) is 0 Å². The minimum atomic E-state index is -2.32. The van der Waals surface area contributed by atoms with Crippen molar-refractivity contribution in [3.05, 3.63) is 0 Å². The molecule has 3 heteroatoms. The van der Waals surface area contributed by atoms with Gasteiger partial charge in [0.1, 0.15) is 6.61 Å². The van der Waals surface area contributed by atoms with Gasteiger partial charge in [0.25, 0.3) is 6.43 Å². The number of hydrogen-bond donors (Lipinski definition) is 0. The van der Waals surface area contributed by atoms with E-state index in [1.807, 2.05) is 20.8 Å². The van der Waals surface area contributed by atoms with Crippen LogP contribution in [0, 0.1) is 0 Å². The minimum absolute atomic E-state index is 0.417. The van der Waals surface area contributed by atoms with Gasteiger partial charge in [-0.1, -0.05) is 27.2 Å². The van der Waals surface area contributed by atoms with E-state index >= 15 is 0 Å². The van der Waals surface area contributed by atoms with E-state index in [1.165, 1.54) is 0 Å². The van der Waals surface area contributed by atoms with E-state index in [-0.39, 0.29) is 0 Å². The number of hydrogen-bond acceptors (Lipinski definition) is 1. The third-order valence-electron chi connectivity index (χ3n) is 0.886. The smallest absolute Gasteiger partial charge is 0.261 e. The van der Waals surface area contributed by atoms with E-state index in [1.54, 1.807) is 0 Å². The third kappa shape index (κ3) is 17.7. The van der Waals surface area contributed by atoms with Crippen molar-refractivity contribution < 1.29 is 13.5 Å². The lowest BCUT2D eigenvalue weighted by Crippen LogP contribution is -2.04. The van der Waals surface area contributed by atoms with Crippen LogP contribution in [0.5, 0.6) is 0 Å². The molecule has 0 heterocycles. The third-order valence-corrected chi connectivity index (χ3v) is 0.886. The van der Waals surface area contributed by atoms with Gasteiger partial charge in [0.2, 0.25) is 0 Å². The summed E-state index contributed by atoms with van der Waals surface area (Å²) in [4.78, 5) is 0. The molecule has 0 aliphatic heterocycles. The highest BCUT2D eigenvalue weighted by Crippen LogP contribution is 1.94. The van der Waals surface area contributed by atoms with Crippen LogP contribution >= 0.6 is 0 Å². The van der Waals surface area contributed by atoms with Crippen molar-refractivity contribution in [2.75, 3.05) is 13.2 Å². The van der Waals surface area contributed by atoms with Crippen molar-refractivity contribution in [2.45, 2.75) is 40.0 Å². The van der Waals surface area contributed by atoms with Crippen molar-refractivity contribution in [3.63, 3.8) is 0 Å². The van der Waals surface area contributed by atoms with Gasteiger partial charge in [0.05, 0.1) is 0 Å². The monoisotopic (exact) mass is 168 g/mol. The lowest BCUT2D eigenvalue weighted by atomic mass is 10.4. The molecule has 0 saturated heterocycles. The van der Waals surface area contributed by atoms with Gasteiger partial charge in [-0.2, -0.15) is 0 Å². The molecule has 0 aliphatic rings. The van der Waals surface area contributed by atoms with Gasteiger partial charge in [-0.3, -0.25) is 0 Å². The first-order valence-electron chi connectivity index (χ1n) is 4.13. The van der Waals surface area contributed by atoms with Crippen molar-refractivity contribution in [1.29, 1.82) is 0 Å². The fraction of sp³-hybridized carbons (Fsp3) is 1.00. The largest absolute Gasteiger partial charge is 0.376 e. The van der Waals surface area contributed by atoms with E-state index < -0.39 is 13.0 Å². The molecule has 70 valence electrons. The fourth-order valence-electron chi connectivity index (χ4n) is 0.419. The quantitative estimate of drug-likeness (QED) is 0.573. The molecule has 0 aromatic heterocycles. The van der Waals surface area contributed by atoms with Crippen LogP contribution in [0.3, 0.4) is 0 Å². The Morgan fingerprint density at radius 3 is 2.18 bits per heavy atom. The summed E-state index contributed by atoms with van der Waals surface area (Å²) in [5.74, 6) is 0. The van der Waals surface area contributed by atoms with E-state index in [9.17, 15) is 8.78 Å². The maximum absolute atomic E-state index is 11.3. The van der Waals surface area contributed by atoms with Crippen LogP contribution in [-0.4, -0.2) is 19.6 Å². The predicted molar refractivity (Wildman–Crippen MR) is 43.1 cm³/mol. The second kappa shape index (κ2) is 12.5. The van der Waals surface area contributed by atoms with Gasteiger partial charge in [0, 0.05) is 6.61 Å². The zero-order valence-electron chi connectivity index (χ0n) is 7.57. The van der Waals surface area contributed by atoms with E-state index in [2.05, 4.69) is 4.74 Å². The van der Waals surface area contributed by atoms with Crippen LogP contribution in [0.25, 0.3) is 0 Å². The molecule has 0 radical (unpaired) electrons. The first-order valence-corrected chi connectivity index (χ1v) is 4.13. The van der Waals surface area contributed by atoms with Crippen molar-refractivity contribution in [3.8, 4) is 0 Å². The maximum atomic E-state index is 11.3. The number of rotatable bonds is 5. The molecule has 0 spiro atoms. The van der Waals surface area contributed by atoms with Crippen LogP contribution < -0.4 is 0 Å². The summed E-state index contributed by atoms with van der Waals surface area (Å²) >= 11 is 0. The number of ether oxygens (including phenoxy) is 1. The maximum Gasteiger partial charge on any atom is 0.261 e. The lowest BCUT2D eigenvalue weighted by molar-refractivity contribution is 0.0166. The van der Waals surface area contributed by atoms with Crippen LogP contribution in [0.2, 0.25) is 0 Å². The molecule has 0 aromatic carbocycles. The van der Waals surface area contributed by atoms with Crippen molar-refractivity contribution in [1.82, 2.24) is 0 Å². The first-order chi connectivity index (χ1) is 5.27. The zero-order chi connectivity index (χ0) is 9.11. The molecule has 0 fully saturated rings. The average Bonchev–Trinajstić information content (AvgIpc) is 2.02. The molecule has 0 aromatic rings. The normalized spacial score (nSPS) is 9.27. The van der Waals surface area contributed by atoms with Crippen LogP contribution in [0.4, 0.5) is 8.78 Å². The highest BCUT2D eigenvalue weighted by atomic mass is 19.3. The highest BCUT2D eigenvalue weighted by molar-refractivity contribution is 4.35. The number of unbranched alkanes of at least 4 members (excludes halogenated alkanes) is 1. The number of halogens is 2. The summed E-state index contributed by atoms with van der Waals surface area (Å²) in [6.45, 7) is 6.03. The fourth-order valence-corrected chi connectivity index (χ4v) is 0.419. The molecule has 0 N–H and O–H groups in total. The Morgan fingerprint density at radius 1 is 1.27 bits per heavy atom. The SMILES string of the molecule is CC.CCCCOCC(F)F. The molecular weight excluding hydrogens is 150 g/mol. The van der Waals surface area contributed by atoms with Gasteiger partial charge in [-0.05, 0) is 6.42 Å². The molecule has 0 aliphatic carbocycles. The summed E-state index contributed by atoms with van der Waals surface area (Å²) in [7, 11) is 0. The first kappa shape index (κ1) is 13.4. The predicted octanol–water partition coefficient (Wildman–Crippen LogP) is 3.09. The standard InChI is InChI=1S/C6H12F2O.C2H6/c1-2-3-4-9-5-6(7)8;1-2/h6H,2-5H2,1H3;1-2H3. The summed E-state index contributed by atoms with van der Waals surface area (Å²) in [5, 5.41) is 0.